The highest BCUT2D eigenvalue weighted by Crippen LogP contribution is 2.26. The number of ether oxygens (including phenoxy) is 1. The lowest BCUT2D eigenvalue weighted by molar-refractivity contribution is -0.131. The zero-order valence-electron chi connectivity index (χ0n) is 8.49. The van der Waals surface area contributed by atoms with Gasteiger partial charge < -0.3 is 15.8 Å². The molecule has 0 bridgehead atoms. The summed E-state index contributed by atoms with van der Waals surface area (Å²) in [6, 6.07) is -0.320. The summed E-state index contributed by atoms with van der Waals surface area (Å²) in [7, 11) is 0. The molecule has 2 saturated heterocycles. The molecule has 3 amide bonds. The van der Waals surface area contributed by atoms with E-state index in [-0.39, 0.29) is 18.5 Å². The number of hydrogen-bond donors (Lipinski definition) is 2. The van der Waals surface area contributed by atoms with E-state index < -0.39 is 5.54 Å². The molecule has 0 aromatic carbocycles. The van der Waals surface area contributed by atoms with Gasteiger partial charge in [0.1, 0.15) is 5.54 Å². The van der Waals surface area contributed by atoms with Crippen LogP contribution in [0.3, 0.4) is 0 Å². The first kappa shape index (κ1) is 10.4. The standard InChI is InChI=1S/C9H15N3O3/c10-3-1-4-12-7(13)9(11-8(12)14)2-5-15-6-9/h1-6,10H2,(H,11,14). The molecule has 6 heteroatoms. The summed E-state index contributed by atoms with van der Waals surface area (Å²) < 4.78 is 5.17. The van der Waals surface area contributed by atoms with Crippen LogP contribution in [0.15, 0.2) is 0 Å². The van der Waals surface area contributed by atoms with Crippen LogP contribution in [0.5, 0.6) is 0 Å². The second kappa shape index (κ2) is 3.79. The molecule has 1 atom stereocenters. The van der Waals surface area contributed by atoms with E-state index in [1.807, 2.05) is 0 Å². The highest BCUT2D eigenvalue weighted by Gasteiger charge is 2.53. The Morgan fingerprint density at radius 1 is 1.53 bits per heavy atom. The Morgan fingerprint density at radius 2 is 2.33 bits per heavy atom. The maximum atomic E-state index is 12.0. The van der Waals surface area contributed by atoms with Gasteiger partial charge in [-0.05, 0) is 13.0 Å². The Hall–Kier alpha value is -1.14. The third-order valence-electron chi connectivity index (χ3n) is 2.85. The van der Waals surface area contributed by atoms with Crippen molar-refractivity contribution in [3.8, 4) is 0 Å². The number of nitrogens with two attached hydrogens (primary N) is 1. The molecule has 84 valence electrons. The molecule has 0 aromatic rings. The molecular formula is C9H15N3O3. The van der Waals surface area contributed by atoms with Crippen LogP contribution in [-0.2, 0) is 9.53 Å². The molecule has 0 saturated carbocycles. The van der Waals surface area contributed by atoms with Crippen LogP contribution in [0.1, 0.15) is 12.8 Å². The largest absolute Gasteiger partial charge is 0.378 e. The monoisotopic (exact) mass is 213 g/mol. The smallest absolute Gasteiger partial charge is 0.325 e. The molecule has 2 aliphatic rings. The number of rotatable bonds is 3. The van der Waals surface area contributed by atoms with Crippen molar-refractivity contribution in [1.82, 2.24) is 10.2 Å². The van der Waals surface area contributed by atoms with E-state index in [1.54, 1.807) is 0 Å². The summed E-state index contributed by atoms with van der Waals surface area (Å²) in [4.78, 5) is 24.8. The Kier molecular flexibility index (Phi) is 2.62. The normalized spacial score (nSPS) is 30.3. The van der Waals surface area contributed by atoms with Crippen molar-refractivity contribution >= 4 is 11.9 Å². The molecule has 15 heavy (non-hydrogen) atoms. The van der Waals surface area contributed by atoms with Crippen LogP contribution in [0.25, 0.3) is 0 Å². The Morgan fingerprint density at radius 3 is 2.93 bits per heavy atom. The zero-order valence-corrected chi connectivity index (χ0v) is 8.49. The molecule has 0 aliphatic carbocycles. The fraction of sp³-hybridized carbons (Fsp3) is 0.778. The second-order valence-electron chi connectivity index (χ2n) is 3.91. The summed E-state index contributed by atoms with van der Waals surface area (Å²) in [5.74, 6) is -0.168. The van der Waals surface area contributed by atoms with Crippen molar-refractivity contribution in [3.05, 3.63) is 0 Å². The third-order valence-corrected chi connectivity index (χ3v) is 2.85. The number of amides is 3. The highest BCUT2D eigenvalue weighted by atomic mass is 16.5. The number of nitrogens with zero attached hydrogens (tertiary/aromatic N) is 1. The summed E-state index contributed by atoms with van der Waals surface area (Å²) in [5.41, 5.74) is 4.56. The van der Waals surface area contributed by atoms with Crippen molar-refractivity contribution in [1.29, 1.82) is 0 Å². The summed E-state index contributed by atoms with van der Waals surface area (Å²) in [6.45, 7) is 1.68. The molecule has 2 heterocycles. The van der Waals surface area contributed by atoms with E-state index in [2.05, 4.69) is 5.32 Å². The van der Waals surface area contributed by atoms with Crippen molar-refractivity contribution < 1.29 is 14.3 Å². The van der Waals surface area contributed by atoms with Crippen molar-refractivity contribution in [2.24, 2.45) is 5.73 Å². The van der Waals surface area contributed by atoms with Gasteiger partial charge in [0.2, 0.25) is 0 Å². The van der Waals surface area contributed by atoms with E-state index >= 15 is 0 Å². The van der Waals surface area contributed by atoms with Crippen LogP contribution >= 0.6 is 0 Å². The topological polar surface area (TPSA) is 84.7 Å². The fourth-order valence-corrected chi connectivity index (χ4v) is 1.96. The molecule has 0 aromatic heterocycles. The predicted molar refractivity (Wildman–Crippen MR) is 52.1 cm³/mol. The molecule has 1 spiro atoms. The van der Waals surface area contributed by atoms with E-state index in [0.717, 1.165) is 0 Å². The van der Waals surface area contributed by atoms with Gasteiger partial charge in [-0.25, -0.2) is 4.79 Å². The number of nitrogens with one attached hydrogen (secondary N) is 1. The van der Waals surface area contributed by atoms with Gasteiger partial charge in [0.25, 0.3) is 5.91 Å². The summed E-state index contributed by atoms with van der Waals surface area (Å²) in [6.07, 6.45) is 1.20. The third kappa shape index (κ3) is 1.59. The predicted octanol–water partition coefficient (Wildman–Crippen LogP) is -0.954. The molecule has 2 rings (SSSR count). The van der Waals surface area contributed by atoms with Gasteiger partial charge in [-0.2, -0.15) is 0 Å². The first-order chi connectivity index (χ1) is 7.19. The van der Waals surface area contributed by atoms with Crippen LogP contribution in [0.4, 0.5) is 4.79 Å². The van der Waals surface area contributed by atoms with E-state index in [1.165, 1.54) is 4.90 Å². The minimum Gasteiger partial charge on any atom is -0.378 e. The van der Waals surface area contributed by atoms with E-state index in [0.29, 0.717) is 32.5 Å². The second-order valence-corrected chi connectivity index (χ2v) is 3.91. The molecule has 2 fully saturated rings. The highest BCUT2D eigenvalue weighted by molar-refractivity contribution is 6.07. The number of carbonyl (C=O) groups excluding carboxylic acids is 2. The molecule has 6 nitrogen and oxygen atoms in total. The van der Waals surface area contributed by atoms with E-state index in [4.69, 9.17) is 10.5 Å². The van der Waals surface area contributed by atoms with Gasteiger partial charge in [-0.3, -0.25) is 9.69 Å². The maximum absolute atomic E-state index is 12.0. The fourth-order valence-electron chi connectivity index (χ4n) is 1.96. The molecular weight excluding hydrogens is 198 g/mol. The van der Waals surface area contributed by atoms with Crippen LogP contribution < -0.4 is 11.1 Å². The van der Waals surface area contributed by atoms with Gasteiger partial charge in [0.05, 0.1) is 6.61 Å². The summed E-state index contributed by atoms with van der Waals surface area (Å²) >= 11 is 0. The lowest BCUT2D eigenvalue weighted by atomic mass is 9.99. The quantitative estimate of drug-likeness (QED) is 0.592. The number of imide groups is 1. The molecule has 0 radical (unpaired) electrons. The minimum absolute atomic E-state index is 0.168. The Bertz CT molecular complexity index is 286. The number of hydrogen-bond acceptors (Lipinski definition) is 4. The van der Waals surface area contributed by atoms with Crippen molar-refractivity contribution in [2.45, 2.75) is 18.4 Å². The lowest BCUT2D eigenvalue weighted by Crippen LogP contribution is -2.47. The average Bonchev–Trinajstić information content (AvgIpc) is 2.75. The first-order valence-electron chi connectivity index (χ1n) is 5.11. The maximum Gasteiger partial charge on any atom is 0.325 e. The molecule has 2 aliphatic heterocycles. The lowest BCUT2D eigenvalue weighted by Gasteiger charge is -2.18. The first-order valence-corrected chi connectivity index (χ1v) is 5.11. The Balaban J connectivity index is 2.08. The van der Waals surface area contributed by atoms with Crippen molar-refractivity contribution in [3.63, 3.8) is 0 Å². The number of urea groups is 1. The number of carbonyl (C=O) groups is 2. The zero-order chi connectivity index (χ0) is 10.9. The van der Waals surface area contributed by atoms with Gasteiger partial charge >= 0.3 is 6.03 Å². The van der Waals surface area contributed by atoms with E-state index in [9.17, 15) is 9.59 Å². The molecule has 1 unspecified atom stereocenters. The SMILES string of the molecule is NCCCN1C(=O)NC2(CCOC2)C1=O. The van der Waals surface area contributed by atoms with Gasteiger partial charge in [0.15, 0.2) is 0 Å². The van der Waals surface area contributed by atoms with Crippen LogP contribution in [0.2, 0.25) is 0 Å². The summed E-state index contributed by atoms with van der Waals surface area (Å²) in [5, 5.41) is 2.71. The van der Waals surface area contributed by atoms with Crippen molar-refractivity contribution in [2.75, 3.05) is 26.3 Å². The minimum atomic E-state index is -0.786. The Labute approximate surface area is 87.7 Å². The van der Waals surface area contributed by atoms with Gasteiger partial charge in [0, 0.05) is 19.6 Å². The average molecular weight is 213 g/mol. The van der Waals surface area contributed by atoms with Crippen LogP contribution in [-0.4, -0.2) is 48.7 Å². The van der Waals surface area contributed by atoms with Gasteiger partial charge in [-0.15, -0.1) is 0 Å². The van der Waals surface area contributed by atoms with Crippen LogP contribution in [0, 0.1) is 0 Å². The molecule has 3 N–H and O–H groups in total. The van der Waals surface area contributed by atoms with Gasteiger partial charge in [-0.1, -0.05) is 0 Å².